The van der Waals surface area contributed by atoms with Gasteiger partial charge in [0.25, 0.3) is 0 Å². The number of rotatable bonds is 2. The molecule has 0 saturated carbocycles. The minimum atomic E-state index is 0.590. The molecule has 0 atom stereocenters. The maximum absolute atomic E-state index is 8.92. The molecular formula is C10H10N2O2. The molecule has 0 unspecified atom stereocenters. The maximum atomic E-state index is 8.92. The van der Waals surface area contributed by atoms with E-state index in [2.05, 4.69) is 10.5 Å². The van der Waals surface area contributed by atoms with Crippen LogP contribution in [0.2, 0.25) is 0 Å². The van der Waals surface area contributed by atoms with Crippen molar-refractivity contribution in [1.82, 2.24) is 4.98 Å². The third-order valence-corrected chi connectivity index (χ3v) is 2.05. The summed E-state index contributed by atoms with van der Waals surface area (Å²) in [6.07, 6.45) is 1.70. The van der Waals surface area contributed by atoms with Gasteiger partial charge in [-0.2, -0.15) is 0 Å². The topological polar surface area (TPSA) is 54.4 Å². The highest BCUT2D eigenvalue weighted by Crippen LogP contribution is 2.27. The van der Waals surface area contributed by atoms with Crippen molar-refractivity contribution >= 4 is 16.6 Å². The van der Waals surface area contributed by atoms with Gasteiger partial charge in [0.15, 0.2) is 0 Å². The molecule has 0 amide bonds. The van der Waals surface area contributed by atoms with Gasteiger partial charge in [-0.3, -0.25) is 15.7 Å². The number of nitrogens with zero attached hydrogens (tertiary/aromatic N) is 1. The van der Waals surface area contributed by atoms with Crippen LogP contribution < -0.4 is 10.2 Å². The zero-order valence-electron chi connectivity index (χ0n) is 7.69. The Kier molecular flexibility index (Phi) is 2.20. The van der Waals surface area contributed by atoms with Gasteiger partial charge in [0.2, 0.25) is 0 Å². The van der Waals surface area contributed by atoms with E-state index in [1.807, 2.05) is 18.2 Å². The van der Waals surface area contributed by atoms with E-state index in [0.717, 1.165) is 10.9 Å². The Hall–Kier alpha value is -1.81. The predicted octanol–water partition coefficient (Wildman–Crippen LogP) is 2.04. The van der Waals surface area contributed by atoms with Gasteiger partial charge in [0.1, 0.15) is 5.75 Å². The Morgan fingerprint density at radius 3 is 3.00 bits per heavy atom. The molecule has 4 nitrogen and oxygen atoms in total. The van der Waals surface area contributed by atoms with Crippen molar-refractivity contribution in [3.8, 4) is 5.75 Å². The minimum absolute atomic E-state index is 0.590. The number of nitrogens with one attached hydrogen (secondary N) is 1. The number of aromatic nitrogens is 1. The van der Waals surface area contributed by atoms with Gasteiger partial charge in [-0.05, 0) is 12.1 Å². The van der Waals surface area contributed by atoms with Crippen LogP contribution in [0.5, 0.6) is 5.75 Å². The number of methoxy groups -OCH3 is 1. The molecular weight excluding hydrogens is 180 g/mol. The summed E-state index contributed by atoms with van der Waals surface area (Å²) in [6, 6.07) is 7.22. The summed E-state index contributed by atoms with van der Waals surface area (Å²) < 4.78 is 5.07. The average Bonchev–Trinajstić information content (AvgIpc) is 2.27. The van der Waals surface area contributed by atoms with E-state index in [4.69, 9.17) is 9.94 Å². The summed E-state index contributed by atoms with van der Waals surface area (Å²) in [6.45, 7) is 0. The first kappa shape index (κ1) is 8.77. The van der Waals surface area contributed by atoms with E-state index in [9.17, 15) is 0 Å². The molecule has 1 heterocycles. The van der Waals surface area contributed by atoms with Crippen molar-refractivity contribution in [1.29, 1.82) is 0 Å². The van der Waals surface area contributed by atoms with E-state index >= 15 is 0 Å². The fourth-order valence-electron chi connectivity index (χ4n) is 1.37. The van der Waals surface area contributed by atoms with Gasteiger partial charge in [0, 0.05) is 23.7 Å². The van der Waals surface area contributed by atoms with E-state index in [1.54, 1.807) is 19.4 Å². The first-order valence-electron chi connectivity index (χ1n) is 4.18. The van der Waals surface area contributed by atoms with Crippen LogP contribution in [-0.2, 0) is 0 Å². The molecule has 2 N–H and O–H groups in total. The van der Waals surface area contributed by atoms with E-state index in [-0.39, 0.29) is 0 Å². The lowest BCUT2D eigenvalue weighted by molar-refractivity contribution is 0.387. The number of pyridine rings is 1. The molecule has 0 aliphatic carbocycles. The van der Waals surface area contributed by atoms with Gasteiger partial charge in [-0.1, -0.05) is 0 Å². The lowest BCUT2D eigenvalue weighted by Gasteiger charge is -2.07. The van der Waals surface area contributed by atoms with Gasteiger partial charge in [-0.25, -0.2) is 0 Å². The lowest BCUT2D eigenvalue weighted by Crippen LogP contribution is -1.93. The average molecular weight is 190 g/mol. The molecule has 1 aromatic carbocycles. The first-order valence-corrected chi connectivity index (χ1v) is 4.18. The van der Waals surface area contributed by atoms with Gasteiger partial charge in [-0.15, -0.1) is 0 Å². The van der Waals surface area contributed by atoms with E-state index in [1.165, 1.54) is 0 Å². The van der Waals surface area contributed by atoms with Crippen molar-refractivity contribution in [3.05, 3.63) is 30.5 Å². The first-order chi connectivity index (χ1) is 6.85. The van der Waals surface area contributed by atoms with Crippen LogP contribution in [0.3, 0.4) is 0 Å². The molecule has 0 fully saturated rings. The van der Waals surface area contributed by atoms with Crippen LogP contribution in [0.15, 0.2) is 30.5 Å². The van der Waals surface area contributed by atoms with Crippen molar-refractivity contribution in [2.45, 2.75) is 0 Å². The second-order valence-electron chi connectivity index (χ2n) is 2.86. The van der Waals surface area contributed by atoms with Gasteiger partial charge in [0.05, 0.1) is 18.3 Å². The number of hydrogen-bond acceptors (Lipinski definition) is 4. The van der Waals surface area contributed by atoms with Crippen LogP contribution >= 0.6 is 0 Å². The molecule has 0 radical (unpaired) electrons. The normalized spacial score (nSPS) is 10.1. The monoisotopic (exact) mass is 190 g/mol. The largest absolute Gasteiger partial charge is 0.497 e. The maximum Gasteiger partial charge on any atom is 0.123 e. The van der Waals surface area contributed by atoms with Crippen molar-refractivity contribution in [2.24, 2.45) is 0 Å². The molecule has 0 aliphatic rings. The highest BCUT2D eigenvalue weighted by atomic mass is 16.5. The van der Waals surface area contributed by atoms with E-state index in [0.29, 0.717) is 11.4 Å². The third kappa shape index (κ3) is 1.36. The number of benzene rings is 1. The summed E-state index contributed by atoms with van der Waals surface area (Å²) in [4.78, 5) is 4.17. The van der Waals surface area contributed by atoms with E-state index < -0.39 is 0 Å². The Morgan fingerprint density at radius 2 is 2.29 bits per heavy atom. The fourth-order valence-corrected chi connectivity index (χ4v) is 1.37. The van der Waals surface area contributed by atoms with Gasteiger partial charge < -0.3 is 4.74 Å². The standard InChI is InChI=1S/C10H10N2O2/c1-14-7-5-9-8(3-2-4-11-9)10(6-7)12-13/h2-6,12-13H,1H3. The molecule has 0 bridgehead atoms. The highest BCUT2D eigenvalue weighted by Gasteiger charge is 2.03. The van der Waals surface area contributed by atoms with Crippen LogP contribution in [-0.4, -0.2) is 17.3 Å². The molecule has 0 aliphatic heterocycles. The zero-order valence-corrected chi connectivity index (χ0v) is 7.69. The summed E-state index contributed by atoms with van der Waals surface area (Å²) in [5, 5.41) is 9.78. The zero-order chi connectivity index (χ0) is 9.97. The summed E-state index contributed by atoms with van der Waals surface area (Å²) in [5.41, 5.74) is 3.50. The molecule has 2 aromatic rings. The SMILES string of the molecule is COc1cc(NO)c2cccnc2c1. The fraction of sp³-hybridized carbons (Fsp3) is 0.100. The minimum Gasteiger partial charge on any atom is -0.497 e. The molecule has 2 rings (SSSR count). The van der Waals surface area contributed by atoms with Crippen molar-refractivity contribution in [3.63, 3.8) is 0 Å². The predicted molar refractivity (Wildman–Crippen MR) is 53.7 cm³/mol. The summed E-state index contributed by atoms with van der Waals surface area (Å²) in [5.74, 6) is 0.660. The summed E-state index contributed by atoms with van der Waals surface area (Å²) >= 11 is 0. The lowest BCUT2D eigenvalue weighted by atomic mass is 10.2. The number of ether oxygens (including phenoxy) is 1. The highest BCUT2D eigenvalue weighted by molar-refractivity contribution is 5.92. The van der Waals surface area contributed by atoms with Crippen molar-refractivity contribution < 1.29 is 9.94 Å². The van der Waals surface area contributed by atoms with Crippen LogP contribution in [0, 0.1) is 0 Å². The molecule has 14 heavy (non-hydrogen) atoms. The number of fused-ring (bicyclic) bond motifs is 1. The molecule has 0 saturated heterocycles. The Morgan fingerprint density at radius 1 is 1.43 bits per heavy atom. The Labute approximate surface area is 81.1 Å². The van der Waals surface area contributed by atoms with Crippen LogP contribution in [0.4, 0.5) is 5.69 Å². The second kappa shape index (κ2) is 3.51. The smallest absolute Gasteiger partial charge is 0.123 e. The Bertz CT molecular complexity index is 457. The molecule has 0 spiro atoms. The Balaban J connectivity index is 2.73. The number of anilines is 1. The van der Waals surface area contributed by atoms with Crippen molar-refractivity contribution in [2.75, 3.05) is 12.6 Å². The molecule has 4 heteroatoms. The van der Waals surface area contributed by atoms with Gasteiger partial charge >= 0.3 is 0 Å². The van der Waals surface area contributed by atoms with Crippen LogP contribution in [0.25, 0.3) is 10.9 Å². The quantitative estimate of drug-likeness (QED) is 0.711. The number of hydrogen-bond donors (Lipinski definition) is 2. The molecule has 1 aromatic heterocycles. The third-order valence-electron chi connectivity index (χ3n) is 2.05. The molecule has 72 valence electrons. The summed E-state index contributed by atoms with van der Waals surface area (Å²) in [7, 11) is 1.57. The second-order valence-corrected chi connectivity index (χ2v) is 2.86. The van der Waals surface area contributed by atoms with Crippen LogP contribution in [0.1, 0.15) is 0 Å².